The third kappa shape index (κ3) is 3.47. The Labute approximate surface area is 159 Å². The zero-order valence-electron chi connectivity index (χ0n) is 14.7. The van der Waals surface area contributed by atoms with Crippen LogP contribution in [0.25, 0.3) is 0 Å². The van der Waals surface area contributed by atoms with Crippen LogP contribution in [0.5, 0.6) is 0 Å². The highest BCUT2D eigenvalue weighted by Crippen LogP contribution is 2.34. The lowest BCUT2D eigenvalue weighted by atomic mass is 9.85. The summed E-state index contributed by atoms with van der Waals surface area (Å²) >= 11 is 5.99. The minimum absolute atomic E-state index is 0.174. The van der Waals surface area contributed by atoms with Crippen LogP contribution in [0, 0.1) is 0 Å². The summed E-state index contributed by atoms with van der Waals surface area (Å²) in [5, 5.41) is 3.80. The molecule has 0 aliphatic carbocycles. The number of pyridine rings is 1. The first-order chi connectivity index (χ1) is 12.7. The van der Waals surface area contributed by atoms with E-state index < -0.39 is 0 Å². The highest BCUT2D eigenvalue weighted by Gasteiger charge is 2.49. The molecule has 0 unspecified atom stereocenters. The number of nitrogens with zero attached hydrogens (tertiary/aromatic N) is 3. The Bertz CT molecular complexity index is 757. The average Bonchev–Trinajstić information content (AvgIpc) is 2.96. The van der Waals surface area contributed by atoms with E-state index in [2.05, 4.69) is 26.2 Å². The van der Waals surface area contributed by atoms with E-state index in [1.807, 2.05) is 36.5 Å². The third-order valence-electron chi connectivity index (χ3n) is 5.56. The first kappa shape index (κ1) is 17.5. The van der Waals surface area contributed by atoms with E-state index in [-0.39, 0.29) is 11.4 Å². The third-order valence-corrected chi connectivity index (χ3v) is 5.81. The van der Waals surface area contributed by atoms with Gasteiger partial charge in [0.25, 0.3) is 0 Å². The van der Waals surface area contributed by atoms with Gasteiger partial charge in [-0.15, -0.1) is 0 Å². The molecule has 136 valence electrons. The molecule has 0 bridgehead atoms. The second-order valence-electron chi connectivity index (χ2n) is 7.16. The van der Waals surface area contributed by atoms with Gasteiger partial charge in [-0.2, -0.15) is 0 Å². The van der Waals surface area contributed by atoms with Crippen molar-refractivity contribution in [2.75, 3.05) is 19.8 Å². The Morgan fingerprint density at radius 1 is 1.08 bits per heavy atom. The van der Waals surface area contributed by atoms with Crippen LogP contribution in [0.1, 0.15) is 24.0 Å². The number of aromatic nitrogens is 1. The Morgan fingerprint density at radius 2 is 1.85 bits per heavy atom. The van der Waals surface area contributed by atoms with Gasteiger partial charge >= 0.3 is 0 Å². The van der Waals surface area contributed by atoms with Crippen molar-refractivity contribution in [2.45, 2.75) is 31.5 Å². The molecule has 26 heavy (non-hydrogen) atoms. The van der Waals surface area contributed by atoms with Crippen molar-refractivity contribution in [1.82, 2.24) is 20.1 Å². The molecule has 2 aliphatic heterocycles. The largest absolute Gasteiger partial charge is 0.342 e. The van der Waals surface area contributed by atoms with Crippen molar-refractivity contribution in [3.05, 3.63) is 64.9 Å². The van der Waals surface area contributed by atoms with E-state index in [1.54, 1.807) is 6.20 Å². The SMILES string of the molecule is O=C1NCN(Cc2ccc(Cl)cc2)C12CCN(Cc1cccnc1)CC2. The molecule has 0 atom stereocenters. The summed E-state index contributed by atoms with van der Waals surface area (Å²) in [6, 6.07) is 12.0. The van der Waals surface area contributed by atoms with E-state index in [1.165, 1.54) is 11.1 Å². The van der Waals surface area contributed by atoms with Crippen LogP contribution in [-0.2, 0) is 17.9 Å². The maximum atomic E-state index is 12.7. The highest BCUT2D eigenvalue weighted by atomic mass is 35.5. The van der Waals surface area contributed by atoms with Crippen molar-refractivity contribution < 1.29 is 4.79 Å². The van der Waals surface area contributed by atoms with Crippen molar-refractivity contribution in [3.63, 3.8) is 0 Å². The van der Waals surface area contributed by atoms with Crippen LogP contribution >= 0.6 is 11.6 Å². The van der Waals surface area contributed by atoms with Gasteiger partial charge in [-0.25, -0.2) is 0 Å². The number of hydrogen-bond acceptors (Lipinski definition) is 4. The molecule has 4 rings (SSSR count). The normalized spacial score (nSPS) is 20.4. The van der Waals surface area contributed by atoms with Crippen molar-refractivity contribution in [1.29, 1.82) is 0 Å². The smallest absolute Gasteiger partial charge is 0.241 e. The van der Waals surface area contributed by atoms with Crippen LogP contribution in [0.15, 0.2) is 48.8 Å². The molecule has 2 aromatic rings. The number of carbonyl (C=O) groups is 1. The maximum absolute atomic E-state index is 12.7. The fourth-order valence-corrected chi connectivity index (χ4v) is 4.14. The van der Waals surface area contributed by atoms with Crippen LogP contribution in [-0.4, -0.2) is 46.0 Å². The lowest BCUT2D eigenvalue weighted by Crippen LogP contribution is -2.55. The van der Waals surface area contributed by atoms with Crippen molar-refractivity contribution >= 4 is 17.5 Å². The lowest BCUT2D eigenvalue weighted by Gasteiger charge is -2.42. The number of hydrogen-bond donors (Lipinski definition) is 1. The van der Waals surface area contributed by atoms with Gasteiger partial charge in [0, 0.05) is 43.6 Å². The second-order valence-corrected chi connectivity index (χ2v) is 7.59. The minimum Gasteiger partial charge on any atom is -0.342 e. The molecule has 1 spiro atoms. The summed E-state index contributed by atoms with van der Waals surface area (Å²) in [4.78, 5) is 21.6. The molecule has 2 aliphatic rings. The Kier molecular flexibility index (Phi) is 4.94. The first-order valence-corrected chi connectivity index (χ1v) is 9.43. The van der Waals surface area contributed by atoms with Crippen molar-refractivity contribution in [3.8, 4) is 0 Å². The van der Waals surface area contributed by atoms with E-state index in [0.29, 0.717) is 6.67 Å². The standard InChI is InChI=1S/C20H23ClN4O/c21-18-5-3-16(4-6-18)14-25-15-23-19(26)20(25)7-10-24(11-8-20)13-17-2-1-9-22-12-17/h1-6,9,12H,7-8,10-11,13-15H2,(H,23,26). The molecule has 1 N–H and O–H groups in total. The van der Waals surface area contributed by atoms with Gasteiger partial charge in [-0.3, -0.25) is 19.6 Å². The van der Waals surface area contributed by atoms with Gasteiger partial charge in [0.2, 0.25) is 5.91 Å². The summed E-state index contributed by atoms with van der Waals surface area (Å²) in [6.07, 6.45) is 5.42. The summed E-state index contributed by atoms with van der Waals surface area (Å²) in [7, 11) is 0. The molecule has 1 amide bonds. The molecular weight excluding hydrogens is 348 g/mol. The fraction of sp³-hybridized carbons (Fsp3) is 0.400. The zero-order chi connectivity index (χ0) is 18.0. The second kappa shape index (κ2) is 7.35. The number of halogens is 1. The Morgan fingerprint density at radius 3 is 2.54 bits per heavy atom. The molecule has 1 aromatic carbocycles. The molecule has 3 heterocycles. The number of carbonyl (C=O) groups excluding carboxylic acids is 1. The molecule has 1 aromatic heterocycles. The van der Waals surface area contributed by atoms with E-state index in [0.717, 1.165) is 44.0 Å². The molecule has 2 saturated heterocycles. The summed E-state index contributed by atoms with van der Waals surface area (Å²) in [5.41, 5.74) is 2.02. The Hall–Kier alpha value is -1.95. The predicted octanol–water partition coefficient (Wildman–Crippen LogP) is 2.66. The number of likely N-dealkylation sites (tertiary alicyclic amines) is 1. The minimum atomic E-state index is -0.384. The number of nitrogens with one attached hydrogen (secondary N) is 1. The van der Waals surface area contributed by atoms with E-state index >= 15 is 0 Å². The van der Waals surface area contributed by atoms with Crippen LogP contribution in [0.2, 0.25) is 5.02 Å². The van der Waals surface area contributed by atoms with Gasteiger partial charge < -0.3 is 5.32 Å². The highest BCUT2D eigenvalue weighted by molar-refractivity contribution is 6.30. The fourth-order valence-electron chi connectivity index (χ4n) is 4.02. The van der Waals surface area contributed by atoms with Gasteiger partial charge in [-0.05, 0) is 42.2 Å². The molecule has 0 radical (unpaired) electrons. The quantitative estimate of drug-likeness (QED) is 0.898. The average molecular weight is 371 g/mol. The maximum Gasteiger partial charge on any atom is 0.241 e. The van der Waals surface area contributed by atoms with Crippen LogP contribution in [0.3, 0.4) is 0 Å². The monoisotopic (exact) mass is 370 g/mol. The van der Waals surface area contributed by atoms with Gasteiger partial charge in [-0.1, -0.05) is 29.8 Å². The zero-order valence-corrected chi connectivity index (χ0v) is 15.5. The Balaban J connectivity index is 1.43. The molecule has 5 nitrogen and oxygen atoms in total. The number of rotatable bonds is 4. The van der Waals surface area contributed by atoms with Crippen molar-refractivity contribution in [2.24, 2.45) is 0 Å². The number of amides is 1. The topological polar surface area (TPSA) is 48.5 Å². The predicted molar refractivity (Wildman–Crippen MR) is 101 cm³/mol. The molecule has 2 fully saturated rings. The van der Waals surface area contributed by atoms with Gasteiger partial charge in [0.05, 0.1) is 6.67 Å². The van der Waals surface area contributed by atoms with Gasteiger partial charge in [0.15, 0.2) is 0 Å². The number of benzene rings is 1. The van der Waals surface area contributed by atoms with Gasteiger partial charge in [0.1, 0.15) is 5.54 Å². The summed E-state index contributed by atoms with van der Waals surface area (Å²) in [6.45, 7) is 4.10. The summed E-state index contributed by atoms with van der Waals surface area (Å²) < 4.78 is 0. The van der Waals surface area contributed by atoms with E-state index in [9.17, 15) is 4.79 Å². The molecule has 0 saturated carbocycles. The lowest BCUT2D eigenvalue weighted by molar-refractivity contribution is -0.129. The summed E-state index contributed by atoms with van der Waals surface area (Å²) in [5.74, 6) is 0.174. The number of piperidine rings is 1. The first-order valence-electron chi connectivity index (χ1n) is 9.05. The van der Waals surface area contributed by atoms with Crippen LogP contribution < -0.4 is 5.32 Å². The van der Waals surface area contributed by atoms with Crippen LogP contribution in [0.4, 0.5) is 0 Å². The molecule has 6 heteroatoms. The van der Waals surface area contributed by atoms with E-state index in [4.69, 9.17) is 11.6 Å². The molecular formula is C20H23ClN4O.